The first-order chi connectivity index (χ1) is 14.5. The molecule has 2 aliphatic rings. The number of nitrogens with zero attached hydrogens (tertiary/aromatic N) is 2. The van der Waals surface area contributed by atoms with Crippen molar-refractivity contribution in [1.29, 1.82) is 0 Å². The van der Waals surface area contributed by atoms with E-state index in [0.29, 0.717) is 17.3 Å². The van der Waals surface area contributed by atoms with Crippen LogP contribution in [0.25, 0.3) is 0 Å². The van der Waals surface area contributed by atoms with Gasteiger partial charge in [-0.15, -0.1) is 0 Å². The molecule has 1 fully saturated rings. The summed E-state index contributed by atoms with van der Waals surface area (Å²) in [5.74, 6) is -1.36. The normalized spacial score (nSPS) is 16.9. The van der Waals surface area contributed by atoms with Gasteiger partial charge in [-0.1, -0.05) is 35.9 Å². The number of carbonyl (C=O) groups excluding carboxylic acids is 2. The summed E-state index contributed by atoms with van der Waals surface area (Å²) in [5.41, 5.74) is 4.25. The molecule has 0 aromatic heterocycles. The van der Waals surface area contributed by atoms with Gasteiger partial charge < -0.3 is 15.5 Å². The molecule has 0 spiro atoms. The van der Waals surface area contributed by atoms with Crippen molar-refractivity contribution in [2.24, 2.45) is 0 Å². The third-order valence-electron chi connectivity index (χ3n) is 5.98. The number of hydrogen-bond acceptors (Lipinski definition) is 4. The Morgan fingerprint density at radius 2 is 1.83 bits per heavy atom. The molecule has 1 atom stereocenters. The van der Waals surface area contributed by atoms with Gasteiger partial charge in [0, 0.05) is 25.8 Å². The van der Waals surface area contributed by atoms with E-state index in [4.69, 9.17) is 11.6 Å². The van der Waals surface area contributed by atoms with Crippen LogP contribution in [0.5, 0.6) is 0 Å². The highest BCUT2D eigenvalue weighted by Gasteiger charge is 2.27. The van der Waals surface area contributed by atoms with Gasteiger partial charge in [0.2, 0.25) is 0 Å². The molecule has 0 radical (unpaired) electrons. The van der Waals surface area contributed by atoms with Crippen molar-refractivity contribution >= 4 is 34.8 Å². The number of benzene rings is 2. The van der Waals surface area contributed by atoms with E-state index < -0.39 is 11.8 Å². The number of halogens is 1. The second-order valence-electron chi connectivity index (χ2n) is 7.96. The Morgan fingerprint density at radius 3 is 2.60 bits per heavy atom. The first-order valence-electron chi connectivity index (χ1n) is 10.4. The van der Waals surface area contributed by atoms with Crippen LogP contribution >= 0.6 is 11.6 Å². The Balaban J connectivity index is 1.44. The monoisotopic (exact) mass is 426 g/mol. The van der Waals surface area contributed by atoms with Crippen LogP contribution in [-0.2, 0) is 16.0 Å². The van der Waals surface area contributed by atoms with Gasteiger partial charge in [0.1, 0.15) is 0 Å². The van der Waals surface area contributed by atoms with Crippen LogP contribution in [0, 0.1) is 0 Å². The van der Waals surface area contributed by atoms with E-state index in [2.05, 4.69) is 45.7 Å². The number of hydrogen-bond donors (Lipinski definition) is 2. The van der Waals surface area contributed by atoms with Gasteiger partial charge in [-0.25, -0.2) is 0 Å². The molecule has 0 aliphatic carbocycles. The lowest BCUT2D eigenvalue weighted by atomic mass is 10.0. The summed E-state index contributed by atoms with van der Waals surface area (Å²) in [5, 5.41) is 5.81. The summed E-state index contributed by atoms with van der Waals surface area (Å²) < 4.78 is 0. The topological polar surface area (TPSA) is 64.7 Å². The fourth-order valence-corrected chi connectivity index (χ4v) is 4.50. The molecule has 0 saturated carbocycles. The number of likely N-dealkylation sites (N-methyl/N-ethyl adjacent to an activating group) is 1. The van der Waals surface area contributed by atoms with Crippen LogP contribution in [0.15, 0.2) is 42.5 Å². The minimum absolute atomic E-state index is 0.0563. The maximum Gasteiger partial charge on any atom is 0.313 e. The molecular formula is C23H27ClN4O2. The summed E-state index contributed by atoms with van der Waals surface area (Å²) in [6.45, 7) is 3.43. The van der Waals surface area contributed by atoms with E-state index >= 15 is 0 Å². The molecule has 30 heavy (non-hydrogen) atoms. The van der Waals surface area contributed by atoms with Crippen LogP contribution in [-0.4, -0.2) is 49.9 Å². The number of carbonyl (C=O) groups is 2. The molecule has 2 aromatic rings. The molecule has 2 aromatic carbocycles. The first kappa shape index (κ1) is 20.7. The summed E-state index contributed by atoms with van der Waals surface area (Å²) in [7, 11) is 2.11. The Hall–Kier alpha value is -2.57. The maximum absolute atomic E-state index is 12.4. The number of likely N-dealkylation sites (tertiary alicyclic amines) is 1. The van der Waals surface area contributed by atoms with Crippen LogP contribution < -0.4 is 15.5 Å². The zero-order valence-electron chi connectivity index (χ0n) is 17.2. The van der Waals surface area contributed by atoms with Crippen LogP contribution in [0.3, 0.4) is 0 Å². The summed E-state index contributed by atoms with van der Waals surface area (Å²) >= 11 is 6.07. The summed E-state index contributed by atoms with van der Waals surface area (Å²) in [6.07, 6.45) is 3.36. The summed E-state index contributed by atoms with van der Waals surface area (Å²) in [6, 6.07) is 13.5. The second kappa shape index (κ2) is 9.06. The quantitative estimate of drug-likeness (QED) is 0.720. The van der Waals surface area contributed by atoms with E-state index in [9.17, 15) is 9.59 Å². The second-order valence-corrected chi connectivity index (χ2v) is 8.37. The maximum atomic E-state index is 12.4. The number of anilines is 2. The third kappa shape index (κ3) is 4.45. The lowest BCUT2D eigenvalue weighted by Crippen LogP contribution is -2.41. The highest BCUT2D eigenvalue weighted by Crippen LogP contribution is 2.32. The fraction of sp³-hybridized carbons (Fsp3) is 0.391. The minimum Gasteiger partial charge on any atom is -0.374 e. The summed E-state index contributed by atoms with van der Waals surface area (Å²) in [4.78, 5) is 29.4. The molecule has 1 unspecified atom stereocenters. The molecule has 158 valence electrons. The number of rotatable bonds is 5. The Morgan fingerprint density at radius 1 is 1.07 bits per heavy atom. The minimum atomic E-state index is -0.709. The van der Waals surface area contributed by atoms with Crippen molar-refractivity contribution in [2.75, 3.05) is 43.4 Å². The highest BCUT2D eigenvalue weighted by atomic mass is 35.5. The van der Waals surface area contributed by atoms with Gasteiger partial charge in [0.25, 0.3) is 0 Å². The molecule has 6 nitrogen and oxygen atoms in total. The van der Waals surface area contributed by atoms with Crippen molar-refractivity contribution in [3.05, 3.63) is 58.6 Å². The molecule has 2 N–H and O–H groups in total. The predicted octanol–water partition coefficient (Wildman–Crippen LogP) is 3.22. The van der Waals surface area contributed by atoms with E-state index in [1.165, 1.54) is 16.8 Å². The van der Waals surface area contributed by atoms with Gasteiger partial charge in [-0.2, -0.15) is 0 Å². The molecule has 2 amide bonds. The molecular weight excluding hydrogens is 400 g/mol. The number of amides is 2. The number of fused-ring (bicyclic) bond motifs is 1. The van der Waals surface area contributed by atoms with E-state index in [0.717, 1.165) is 38.9 Å². The van der Waals surface area contributed by atoms with Gasteiger partial charge in [0.05, 0.1) is 16.8 Å². The van der Waals surface area contributed by atoms with Gasteiger partial charge in [-0.3, -0.25) is 14.5 Å². The Kier molecular flexibility index (Phi) is 6.25. The van der Waals surface area contributed by atoms with Crippen LogP contribution in [0.1, 0.15) is 30.0 Å². The molecule has 2 heterocycles. The van der Waals surface area contributed by atoms with Crippen LogP contribution in [0.4, 0.5) is 11.4 Å². The molecule has 0 bridgehead atoms. The number of para-hydroxylation sites is 1. The first-order valence-corrected chi connectivity index (χ1v) is 10.8. The average Bonchev–Trinajstić information content (AvgIpc) is 3.40. The fourth-order valence-electron chi connectivity index (χ4n) is 4.32. The Labute approximate surface area is 182 Å². The van der Waals surface area contributed by atoms with Gasteiger partial charge >= 0.3 is 11.8 Å². The van der Waals surface area contributed by atoms with Crippen molar-refractivity contribution in [3.8, 4) is 0 Å². The van der Waals surface area contributed by atoms with E-state index in [1.807, 2.05) is 0 Å². The van der Waals surface area contributed by atoms with E-state index in [1.54, 1.807) is 24.3 Å². The zero-order valence-corrected chi connectivity index (χ0v) is 17.9. The molecule has 2 aliphatic heterocycles. The third-order valence-corrected chi connectivity index (χ3v) is 6.31. The van der Waals surface area contributed by atoms with Crippen LogP contribution in [0.2, 0.25) is 5.02 Å². The predicted molar refractivity (Wildman–Crippen MR) is 120 cm³/mol. The van der Waals surface area contributed by atoms with Crippen molar-refractivity contribution in [3.63, 3.8) is 0 Å². The molecule has 1 saturated heterocycles. The lowest BCUT2D eigenvalue weighted by Gasteiger charge is -2.28. The highest BCUT2D eigenvalue weighted by molar-refractivity contribution is 6.41. The van der Waals surface area contributed by atoms with Crippen molar-refractivity contribution < 1.29 is 9.59 Å². The van der Waals surface area contributed by atoms with Gasteiger partial charge in [-0.05, 0) is 61.7 Å². The average molecular weight is 427 g/mol. The molecule has 4 rings (SSSR count). The largest absolute Gasteiger partial charge is 0.374 e. The smallest absolute Gasteiger partial charge is 0.313 e. The Bertz CT molecular complexity index is 943. The van der Waals surface area contributed by atoms with E-state index in [-0.39, 0.29) is 6.04 Å². The van der Waals surface area contributed by atoms with Gasteiger partial charge in [0.15, 0.2) is 0 Å². The lowest BCUT2D eigenvalue weighted by molar-refractivity contribution is -0.136. The zero-order chi connectivity index (χ0) is 21.1. The number of nitrogens with one attached hydrogen (secondary N) is 2. The molecule has 7 heteroatoms. The van der Waals surface area contributed by atoms with Crippen molar-refractivity contribution in [2.45, 2.75) is 25.3 Å². The van der Waals surface area contributed by atoms with Crippen molar-refractivity contribution in [1.82, 2.24) is 10.2 Å². The SMILES string of the molecule is CN1CCc2cc(C(CNC(=O)C(=O)Nc3ccccc3Cl)N3CCCC3)ccc21. The standard InChI is InChI=1S/C23H27ClN4O2/c1-27-13-10-17-14-16(8-9-20(17)27)21(28-11-4-5-12-28)15-25-22(29)23(30)26-19-7-3-2-6-18(19)24/h2-3,6-9,14,21H,4-5,10-13,15H2,1H3,(H,25,29)(H,26,30).